The molecule has 56 valence electrons. The first-order valence-corrected chi connectivity index (χ1v) is 3.81. The molecule has 0 aliphatic carbocycles. The Morgan fingerprint density at radius 3 is 3.20 bits per heavy atom. The van der Waals surface area contributed by atoms with Crippen LogP contribution in [0.2, 0.25) is 0 Å². The summed E-state index contributed by atoms with van der Waals surface area (Å²) >= 11 is 1.57. The number of hydrogen-bond acceptors (Lipinski definition) is 4. The summed E-state index contributed by atoms with van der Waals surface area (Å²) in [6, 6.07) is 0. The molecule has 0 saturated carbocycles. The second-order valence-corrected chi connectivity index (χ2v) is 2.45. The molecule has 10 heavy (non-hydrogen) atoms. The van der Waals surface area contributed by atoms with Gasteiger partial charge in [-0.2, -0.15) is 0 Å². The molecular weight excluding hydrogens is 150 g/mol. The van der Waals surface area contributed by atoms with E-state index >= 15 is 0 Å². The Kier molecular flexibility index (Phi) is 3.35. The van der Waals surface area contributed by atoms with Crippen LogP contribution in [-0.2, 0) is 16.1 Å². The second-order valence-electron chi connectivity index (χ2n) is 1.73. The van der Waals surface area contributed by atoms with Crippen LogP contribution >= 0.6 is 11.3 Å². The highest BCUT2D eigenvalue weighted by Crippen LogP contribution is 2.01. The molecule has 0 atom stereocenters. The summed E-state index contributed by atoms with van der Waals surface area (Å²) in [6.07, 6.45) is 0. The van der Waals surface area contributed by atoms with E-state index in [1.54, 1.807) is 24.0 Å². The highest BCUT2D eigenvalue weighted by atomic mass is 32.1. The van der Waals surface area contributed by atoms with E-state index in [9.17, 15) is 0 Å². The van der Waals surface area contributed by atoms with Crippen molar-refractivity contribution < 1.29 is 9.47 Å². The van der Waals surface area contributed by atoms with Crippen molar-refractivity contribution in [3.05, 3.63) is 16.6 Å². The molecule has 3 nitrogen and oxygen atoms in total. The first-order chi connectivity index (χ1) is 4.93. The number of rotatable bonds is 4. The molecule has 4 heteroatoms. The quantitative estimate of drug-likeness (QED) is 0.489. The topological polar surface area (TPSA) is 31.4 Å². The van der Waals surface area contributed by atoms with E-state index in [0.717, 1.165) is 5.69 Å². The molecule has 0 fully saturated rings. The molecule has 0 radical (unpaired) electrons. The minimum atomic E-state index is 0.331. The van der Waals surface area contributed by atoms with Gasteiger partial charge in [0.2, 0.25) is 0 Å². The predicted molar refractivity (Wildman–Crippen MR) is 38.8 cm³/mol. The Bertz CT molecular complexity index is 164. The van der Waals surface area contributed by atoms with Gasteiger partial charge in [0.05, 0.1) is 17.8 Å². The molecule has 0 aliphatic heterocycles. The lowest BCUT2D eigenvalue weighted by molar-refractivity contribution is -0.0399. The smallest absolute Gasteiger partial charge is 0.146 e. The van der Waals surface area contributed by atoms with Gasteiger partial charge in [0, 0.05) is 12.5 Å². The fourth-order valence-electron chi connectivity index (χ4n) is 0.538. The Morgan fingerprint density at radius 1 is 1.70 bits per heavy atom. The zero-order valence-electron chi connectivity index (χ0n) is 5.74. The summed E-state index contributed by atoms with van der Waals surface area (Å²) in [6.45, 7) is 0.870. The highest BCUT2D eigenvalue weighted by molar-refractivity contribution is 7.07. The number of ether oxygens (including phenoxy) is 2. The van der Waals surface area contributed by atoms with Crippen molar-refractivity contribution >= 4 is 11.3 Å². The van der Waals surface area contributed by atoms with Crippen LogP contribution in [0.1, 0.15) is 5.69 Å². The fraction of sp³-hybridized carbons (Fsp3) is 0.500. The van der Waals surface area contributed by atoms with Crippen LogP contribution in [0.4, 0.5) is 0 Å². The first kappa shape index (κ1) is 7.65. The lowest BCUT2D eigenvalue weighted by atomic mass is 10.5. The molecule has 0 N–H and O–H groups in total. The van der Waals surface area contributed by atoms with Gasteiger partial charge in [-0.05, 0) is 0 Å². The summed E-state index contributed by atoms with van der Waals surface area (Å²) in [5.41, 5.74) is 2.74. The SMILES string of the molecule is COCOCc1cscn1. The maximum Gasteiger partial charge on any atom is 0.146 e. The lowest BCUT2D eigenvalue weighted by Gasteiger charge is -1.97. The number of methoxy groups -OCH3 is 1. The van der Waals surface area contributed by atoms with Gasteiger partial charge in [0.1, 0.15) is 6.79 Å². The number of nitrogens with zero attached hydrogens (tertiary/aromatic N) is 1. The average Bonchev–Trinajstić information content (AvgIpc) is 2.41. The largest absolute Gasteiger partial charge is 0.359 e. The van der Waals surface area contributed by atoms with Gasteiger partial charge in [0.15, 0.2) is 0 Å². The first-order valence-electron chi connectivity index (χ1n) is 2.87. The maximum absolute atomic E-state index is 5.05. The highest BCUT2D eigenvalue weighted by Gasteiger charge is 1.92. The van der Waals surface area contributed by atoms with Gasteiger partial charge in [-0.1, -0.05) is 0 Å². The van der Waals surface area contributed by atoms with Crippen molar-refractivity contribution in [2.45, 2.75) is 6.61 Å². The van der Waals surface area contributed by atoms with E-state index in [1.807, 2.05) is 5.38 Å². The van der Waals surface area contributed by atoms with Crippen LogP contribution in [0.25, 0.3) is 0 Å². The van der Waals surface area contributed by atoms with Crippen molar-refractivity contribution in [1.82, 2.24) is 4.98 Å². The summed E-state index contributed by atoms with van der Waals surface area (Å²) in [5, 5.41) is 1.95. The predicted octanol–water partition coefficient (Wildman–Crippen LogP) is 1.26. The molecule has 1 heterocycles. The molecule has 0 aromatic carbocycles. The molecule has 0 unspecified atom stereocenters. The molecule has 1 rings (SSSR count). The second kappa shape index (κ2) is 4.38. The lowest BCUT2D eigenvalue weighted by Crippen LogP contribution is -1.96. The molecule has 0 spiro atoms. The molecule has 0 saturated heterocycles. The molecule has 0 amide bonds. The van der Waals surface area contributed by atoms with Gasteiger partial charge >= 0.3 is 0 Å². The number of aromatic nitrogens is 1. The number of thiazole rings is 1. The van der Waals surface area contributed by atoms with Crippen molar-refractivity contribution in [2.75, 3.05) is 13.9 Å². The van der Waals surface area contributed by atoms with Crippen molar-refractivity contribution in [2.24, 2.45) is 0 Å². The van der Waals surface area contributed by atoms with Gasteiger partial charge < -0.3 is 9.47 Å². The van der Waals surface area contributed by atoms with Gasteiger partial charge in [-0.3, -0.25) is 0 Å². The van der Waals surface area contributed by atoms with Crippen LogP contribution in [0.5, 0.6) is 0 Å². The van der Waals surface area contributed by atoms with Crippen LogP contribution in [0.15, 0.2) is 10.9 Å². The third kappa shape index (κ3) is 2.43. The summed E-state index contributed by atoms with van der Waals surface area (Å²) in [5.74, 6) is 0. The maximum atomic E-state index is 5.05. The van der Waals surface area contributed by atoms with Gasteiger partial charge in [0.25, 0.3) is 0 Å². The molecule has 0 aliphatic rings. The standard InChI is InChI=1S/C6H9NO2S/c1-8-5-9-2-6-3-10-4-7-6/h3-4H,2,5H2,1H3. The van der Waals surface area contributed by atoms with Gasteiger partial charge in [-0.25, -0.2) is 4.98 Å². The minimum Gasteiger partial charge on any atom is -0.359 e. The fourth-order valence-corrected chi connectivity index (χ4v) is 1.08. The van der Waals surface area contributed by atoms with E-state index in [4.69, 9.17) is 9.47 Å². The van der Waals surface area contributed by atoms with Crippen LogP contribution in [0, 0.1) is 0 Å². The van der Waals surface area contributed by atoms with Crippen molar-refractivity contribution in [1.29, 1.82) is 0 Å². The van der Waals surface area contributed by atoms with Crippen LogP contribution in [0.3, 0.4) is 0 Å². The van der Waals surface area contributed by atoms with Gasteiger partial charge in [-0.15, -0.1) is 11.3 Å². The van der Waals surface area contributed by atoms with E-state index in [1.165, 1.54) is 0 Å². The molecule has 1 aromatic heterocycles. The monoisotopic (exact) mass is 159 g/mol. The molecule has 1 aromatic rings. The zero-order chi connectivity index (χ0) is 7.23. The summed E-state index contributed by atoms with van der Waals surface area (Å²) in [4.78, 5) is 4.03. The van der Waals surface area contributed by atoms with Crippen LogP contribution < -0.4 is 0 Å². The summed E-state index contributed by atoms with van der Waals surface area (Å²) < 4.78 is 9.74. The molecule has 0 bridgehead atoms. The third-order valence-corrected chi connectivity index (χ3v) is 1.57. The Balaban J connectivity index is 2.15. The normalized spacial score (nSPS) is 10.1. The third-order valence-electron chi connectivity index (χ3n) is 0.935. The average molecular weight is 159 g/mol. The van der Waals surface area contributed by atoms with Crippen molar-refractivity contribution in [3.63, 3.8) is 0 Å². The number of hydrogen-bond donors (Lipinski definition) is 0. The van der Waals surface area contributed by atoms with E-state index in [-0.39, 0.29) is 0 Å². The summed E-state index contributed by atoms with van der Waals surface area (Å²) in [7, 11) is 1.60. The van der Waals surface area contributed by atoms with E-state index in [0.29, 0.717) is 13.4 Å². The van der Waals surface area contributed by atoms with Crippen LogP contribution in [-0.4, -0.2) is 18.9 Å². The Morgan fingerprint density at radius 2 is 2.60 bits per heavy atom. The van der Waals surface area contributed by atoms with E-state index in [2.05, 4.69) is 4.98 Å². The Hall–Kier alpha value is -0.450. The van der Waals surface area contributed by atoms with E-state index < -0.39 is 0 Å². The molecular formula is C6H9NO2S. The minimum absolute atomic E-state index is 0.331. The van der Waals surface area contributed by atoms with Crippen molar-refractivity contribution in [3.8, 4) is 0 Å². The Labute approximate surface area is 63.6 Å². The zero-order valence-corrected chi connectivity index (χ0v) is 6.56.